The summed E-state index contributed by atoms with van der Waals surface area (Å²) in [6.07, 6.45) is 6.27. The van der Waals surface area contributed by atoms with E-state index in [1.807, 2.05) is 19.3 Å². The van der Waals surface area contributed by atoms with Gasteiger partial charge in [-0.25, -0.2) is 4.98 Å². The van der Waals surface area contributed by atoms with E-state index in [4.69, 9.17) is 0 Å². The van der Waals surface area contributed by atoms with Gasteiger partial charge in [0.1, 0.15) is 5.82 Å². The molecule has 0 fully saturated rings. The normalized spacial score (nSPS) is 13.1. The highest BCUT2D eigenvalue weighted by molar-refractivity contribution is 4.88. The zero-order chi connectivity index (χ0) is 10.4. The van der Waals surface area contributed by atoms with E-state index in [0.717, 1.165) is 25.3 Å². The van der Waals surface area contributed by atoms with Crippen molar-refractivity contribution in [3.63, 3.8) is 0 Å². The van der Waals surface area contributed by atoms with E-state index in [1.54, 1.807) is 0 Å². The second-order valence-electron chi connectivity index (χ2n) is 3.81. The number of imidazole rings is 1. The minimum absolute atomic E-state index is 0.594. The molecular weight excluding hydrogens is 174 g/mol. The topological polar surface area (TPSA) is 29.9 Å². The van der Waals surface area contributed by atoms with E-state index < -0.39 is 0 Å². The number of hydrogen-bond donors (Lipinski definition) is 1. The molecule has 0 aliphatic carbocycles. The third-order valence-electron chi connectivity index (χ3n) is 2.47. The van der Waals surface area contributed by atoms with Crippen LogP contribution in [0.2, 0.25) is 0 Å². The summed E-state index contributed by atoms with van der Waals surface area (Å²) in [7, 11) is 0. The number of rotatable bonds is 6. The van der Waals surface area contributed by atoms with E-state index in [1.165, 1.54) is 6.42 Å². The van der Waals surface area contributed by atoms with E-state index in [-0.39, 0.29) is 0 Å². The first kappa shape index (κ1) is 11.2. The van der Waals surface area contributed by atoms with Gasteiger partial charge in [0, 0.05) is 25.0 Å². The van der Waals surface area contributed by atoms with Gasteiger partial charge in [-0.1, -0.05) is 6.92 Å². The molecule has 1 rings (SSSR count). The summed E-state index contributed by atoms with van der Waals surface area (Å²) < 4.78 is 2.20. The first-order valence-corrected chi connectivity index (χ1v) is 5.45. The molecule has 0 aromatic carbocycles. The largest absolute Gasteiger partial charge is 0.335 e. The molecule has 80 valence electrons. The third kappa shape index (κ3) is 3.50. The summed E-state index contributed by atoms with van der Waals surface area (Å²) in [6.45, 7) is 8.65. The predicted molar refractivity (Wildman–Crippen MR) is 59.3 cm³/mol. The first-order chi connectivity index (χ1) is 6.74. The lowest BCUT2D eigenvalue weighted by Gasteiger charge is -2.13. The lowest BCUT2D eigenvalue weighted by molar-refractivity contribution is 0.473. The quantitative estimate of drug-likeness (QED) is 0.752. The molecule has 1 atom stereocenters. The maximum Gasteiger partial charge on any atom is 0.105 e. The van der Waals surface area contributed by atoms with Crippen LogP contribution in [-0.4, -0.2) is 22.1 Å². The van der Waals surface area contributed by atoms with E-state index in [9.17, 15) is 0 Å². The molecule has 1 aromatic heterocycles. The van der Waals surface area contributed by atoms with Crippen LogP contribution in [0.15, 0.2) is 12.4 Å². The molecule has 0 radical (unpaired) electrons. The highest BCUT2D eigenvalue weighted by Crippen LogP contribution is 2.00. The van der Waals surface area contributed by atoms with Crippen molar-refractivity contribution in [1.82, 2.24) is 14.9 Å². The smallest absolute Gasteiger partial charge is 0.105 e. The standard InChI is InChI=1S/C11H21N3/c1-4-6-12-10(2)5-8-14-9-7-13-11(14)3/h7,9-10,12H,4-6,8H2,1-3H3. The molecule has 0 spiro atoms. The molecule has 1 heterocycles. The fourth-order valence-electron chi connectivity index (χ4n) is 1.47. The Morgan fingerprint density at radius 2 is 2.36 bits per heavy atom. The SMILES string of the molecule is CCCNC(C)CCn1ccnc1C. The molecule has 0 aliphatic rings. The Morgan fingerprint density at radius 3 is 2.93 bits per heavy atom. The second kappa shape index (κ2) is 5.81. The molecular formula is C11H21N3. The molecule has 0 bridgehead atoms. The highest BCUT2D eigenvalue weighted by atomic mass is 15.1. The molecule has 0 saturated carbocycles. The van der Waals surface area contributed by atoms with Crippen LogP contribution in [0.4, 0.5) is 0 Å². The van der Waals surface area contributed by atoms with Crippen molar-refractivity contribution < 1.29 is 0 Å². The Kier molecular flexibility index (Phi) is 4.66. The van der Waals surface area contributed by atoms with Gasteiger partial charge >= 0.3 is 0 Å². The molecule has 0 saturated heterocycles. The molecule has 1 aromatic rings. The molecule has 0 amide bonds. The maximum absolute atomic E-state index is 4.20. The van der Waals surface area contributed by atoms with Crippen molar-refractivity contribution in [2.24, 2.45) is 0 Å². The highest BCUT2D eigenvalue weighted by Gasteiger charge is 2.01. The average molecular weight is 195 g/mol. The molecule has 0 aliphatic heterocycles. The molecule has 3 heteroatoms. The van der Waals surface area contributed by atoms with Gasteiger partial charge in [0.2, 0.25) is 0 Å². The van der Waals surface area contributed by atoms with Crippen LogP contribution in [0.3, 0.4) is 0 Å². The van der Waals surface area contributed by atoms with Crippen LogP contribution in [0.1, 0.15) is 32.5 Å². The average Bonchev–Trinajstić information content (AvgIpc) is 2.58. The van der Waals surface area contributed by atoms with E-state index in [2.05, 4.69) is 28.7 Å². The Balaban J connectivity index is 2.23. The minimum Gasteiger partial charge on any atom is -0.335 e. The van der Waals surface area contributed by atoms with Crippen molar-refractivity contribution in [3.05, 3.63) is 18.2 Å². The van der Waals surface area contributed by atoms with Gasteiger partial charge in [-0.05, 0) is 33.2 Å². The monoisotopic (exact) mass is 195 g/mol. The van der Waals surface area contributed by atoms with Crippen molar-refractivity contribution in [2.45, 2.75) is 46.2 Å². The summed E-state index contributed by atoms with van der Waals surface area (Å²) in [5, 5.41) is 3.48. The Morgan fingerprint density at radius 1 is 1.57 bits per heavy atom. The zero-order valence-electron chi connectivity index (χ0n) is 9.45. The predicted octanol–water partition coefficient (Wildman–Crippen LogP) is 1.97. The summed E-state index contributed by atoms with van der Waals surface area (Å²) in [6, 6.07) is 0.594. The minimum atomic E-state index is 0.594. The van der Waals surface area contributed by atoms with Crippen molar-refractivity contribution in [2.75, 3.05) is 6.54 Å². The van der Waals surface area contributed by atoms with Gasteiger partial charge in [-0.15, -0.1) is 0 Å². The number of aryl methyl sites for hydroxylation is 2. The van der Waals surface area contributed by atoms with Crippen LogP contribution < -0.4 is 5.32 Å². The molecule has 14 heavy (non-hydrogen) atoms. The number of aromatic nitrogens is 2. The number of hydrogen-bond acceptors (Lipinski definition) is 2. The summed E-state index contributed by atoms with van der Waals surface area (Å²) in [5.41, 5.74) is 0. The van der Waals surface area contributed by atoms with Crippen molar-refractivity contribution >= 4 is 0 Å². The molecule has 1 unspecified atom stereocenters. The number of nitrogens with one attached hydrogen (secondary N) is 1. The molecule has 1 N–H and O–H groups in total. The first-order valence-electron chi connectivity index (χ1n) is 5.45. The zero-order valence-corrected chi connectivity index (χ0v) is 9.45. The van der Waals surface area contributed by atoms with Crippen LogP contribution in [0, 0.1) is 6.92 Å². The van der Waals surface area contributed by atoms with Crippen LogP contribution in [-0.2, 0) is 6.54 Å². The summed E-state index contributed by atoms with van der Waals surface area (Å²) >= 11 is 0. The van der Waals surface area contributed by atoms with E-state index in [0.29, 0.717) is 6.04 Å². The second-order valence-corrected chi connectivity index (χ2v) is 3.81. The van der Waals surface area contributed by atoms with Gasteiger partial charge in [0.25, 0.3) is 0 Å². The van der Waals surface area contributed by atoms with Crippen LogP contribution in [0.5, 0.6) is 0 Å². The van der Waals surface area contributed by atoms with Crippen LogP contribution >= 0.6 is 0 Å². The van der Waals surface area contributed by atoms with Gasteiger partial charge in [-0.3, -0.25) is 0 Å². The fraction of sp³-hybridized carbons (Fsp3) is 0.727. The Labute approximate surface area is 86.5 Å². The van der Waals surface area contributed by atoms with Gasteiger partial charge in [-0.2, -0.15) is 0 Å². The maximum atomic E-state index is 4.20. The number of nitrogens with zero attached hydrogens (tertiary/aromatic N) is 2. The van der Waals surface area contributed by atoms with Gasteiger partial charge in [0.05, 0.1) is 0 Å². The van der Waals surface area contributed by atoms with E-state index >= 15 is 0 Å². The van der Waals surface area contributed by atoms with Crippen molar-refractivity contribution in [1.29, 1.82) is 0 Å². The van der Waals surface area contributed by atoms with Gasteiger partial charge < -0.3 is 9.88 Å². The lowest BCUT2D eigenvalue weighted by atomic mass is 10.2. The summed E-state index contributed by atoms with van der Waals surface area (Å²) in [5.74, 6) is 1.10. The van der Waals surface area contributed by atoms with Crippen molar-refractivity contribution in [3.8, 4) is 0 Å². The lowest BCUT2D eigenvalue weighted by Crippen LogP contribution is -2.27. The Hall–Kier alpha value is -0.830. The molecule has 3 nitrogen and oxygen atoms in total. The fourth-order valence-corrected chi connectivity index (χ4v) is 1.47. The van der Waals surface area contributed by atoms with Gasteiger partial charge in [0.15, 0.2) is 0 Å². The van der Waals surface area contributed by atoms with Crippen LogP contribution in [0.25, 0.3) is 0 Å². The summed E-state index contributed by atoms with van der Waals surface area (Å²) in [4.78, 5) is 4.20. The third-order valence-corrected chi connectivity index (χ3v) is 2.47. The Bertz CT molecular complexity index is 255.